The number of hydrogen-bond acceptors (Lipinski definition) is 2. The van der Waals surface area contributed by atoms with Gasteiger partial charge in [-0.25, -0.2) is 4.39 Å². The fourth-order valence-electron chi connectivity index (χ4n) is 3.11. The van der Waals surface area contributed by atoms with Crippen molar-refractivity contribution in [1.29, 1.82) is 0 Å². The van der Waals surface area contributed by atoms with Crippen LogP contribution in [0.15, 0.2) is 42.5 Å². The fraction of sp³-hybridized carbons (Fsp3) is 0.235. The van der Waals surface area contributed by atoms with Crippen LogP contribution < -0.4 is 11.1 Å². The molecule has 0 aromatic heterocycles. The van der Waals surface area contributed by atoms with Crippen molar-refractivity contribution in [2.75, 3.05) is 0 Å². The highest BCUT2D eigenvalue weighted by Crippen LogP contribution is 2.46. The number of fused-ring (bicyclic) bond motifs is 1. The van der Waals surface area contributed by atoms with E-state index >= 15 is 0 Å². The maximum Gasteiger partial charge on any atom is 0.397 e. The summed E-state index contributed by atoms with van der Waals surface area (Å²) in [6.07, 6.45) is -4.56. The van der Waals surface area contributed by atoms with Gasteiger partial charge in [0.15, 0.2) is 0 Å². The lowest BCUT2D eigenvalue weighted by atomic mass is 9.86. The number of halogens is 4. The Hall–Kier alpha value is -2.41. The smallest absolute Gasteiger partial charge is 0.366 e. The average molecular weight is 338 g/mol. The van der Waals surface area contributed by atoms with Crippen molar-refractivity contribution in [2.24, 2.45) is 5.73 Å². The number of primary amides is 1. The highest BCUT2D eigenvalue weighted by atomic mass is 19.4. The lowest BCUT2D eigenvalue weighted by molar-refractivity contribution is -0.157. The predicted molar refractivity (Wildman–Crippen MR) is 79.7 cm³/mol. The van der Waals surface area contributed by atoms with Gasteiger partial charge in [-0.2, -0.15) is 13.2 Å². The van der Waals surface area contributed by atoms with Crippen LogP contribution in [0.2, 0.25) is 0 Å². The van der Waals surface area contributed by atoms with Crippen molar-refractivity contribution < 1.29 is 22.4 Å². The quantitative estimate of drug-likeness (QED) is 0.843. The highest BCUT2D eigenvalue weighted by molar-refractivity contribution is 5.93. The van der Waals surface area contributed by atoms with Gasteiger partial charge in [0.1, 0.15) is 5.82 Å². The van der Waals surface area contributed by atoms with E-state index in [-0.39, 0.29) is 17.7 Å². The van der Waals surface area contributed by atoms with Crippen LogP contribution in [-0.4, -0.2) is 12.1 Å². The van der Waals surface area contributed by atoms with Gasteiger partial charge in [0.05, 0.1) is 5.92 Å². The van der Waals surface area contributed by atoms with Crippen LogP contribution in [0.5, 0.6) is 0 Å². The molecule has 1 unspecified atom stereocenters. The largest absolute Gasteiger partial charge is 0.397 e. The predicted octanol–water partition coefficient (Wildman–Crippen LogP) is 3.42. The summed E-state index contributed by atoms with van der Waals surface area (Å²) in [5, 5.41) is 2.82. The fourth-order valence-corrected chi connectivity index (χ4v) is 3.11. The number of carbonyl (C=O) groups is 1. The maximum absolute atomic E-state index is 13.7. The molecule has 2 aromatic rings. The second kappa shape index (κ2) is 5.90. The Morgan fingerprint density at radius 2 is 1.96 bits per heavy atom. The zero-order valence-electron chi connectivity index (χ0n) is 12.4. The number of amides is 1. The molecule has 0 saturated heterocycles. The molecular formula is C17H14F4N2O. The van der Waals surface area contributed by atoms with Crippen LogP contribution in [-0.2, 0) is 6.54 Å². The van der Waals surface area contributed by atoms with Crippen LogP contribution in [0.4, 0.5) is 17.6 Å². The van der Waals surface area contributed by atoms with Crippen molar-refractivity contribution in [3.8, 4) is 0 Å². The van der Waals surface area contributed by atoms with Crippen LogP contribution in [0.25, 0.3) is 0 Å². The van der Waals surface area contributed by atoms with Gasteiger partial charge in [-0.05, 0) is 41.0 Å². The van der Waals surface area contributed by atoms with Gasteiger partial charge in [0.2, 0.25) is 5.91 Å². The summed E-state index contributed by atoms with van der Waals surface area (Å²) in [5.74, 6) is -3.25. The number of carbonyl (C=O) groups excluding carboxylic acids is 1. The van der Waals surface area contributed by atoms with Crippen molar-refractivity contribution in [3.05, 3.63) is 70.5 Å². The zero-order valence-corrected chi connectivity index (χ0v) is 12.4. The van der Waals surface area contributed by atoms with Gasteiger partial charge in [0, 0.05) is 18.2 Å². The molecule has 3 rings (SSSR count). The van der Waals surface area contributed by atoms with E-state index in [1.54, 1.807) is 0 Å². The first kappa shape index (κ1) is 16.4. The third kappa shape index (κ3) is 2.99. The number of rotatable bonds is 3. The molecule has 24 heavy (non-hydrogen) atoms. The van der Waals surface area contributed by atoms with Crippen LogP contribution >= 0.6 is 0 Å². The van der Waals surface area contributed by atoms with Crippen molar-refractivity contribution in [1.82, 2.24) is 5.32 Å². The zero-order chi connectivity index (χ0) is 17.5. The normalized spacial score (nSPS) is 18.2. The molecule has 1 heterocycles. The van der Waals surface area contributed by atoms with Crippen LogP contribution in [0.3, 0.4) is 0 Å². The molecule has 1 amide bonds. The third-order valence-electron chi connectivity index (χ3n) is 4.17. The number of alkyl halides is 3. The molecule has 0 radical (unpaired) electrons. The molecule has 0 saturated carbocycles. The van der Waals surface area contributed by atoms with E-state index < -0.39 is 29.9 Å². The second-order valence-corrected chi connectivity index (χ2v) is 5.71. The molecule has 1 aliphatic rings. The first-order valence-corrected chi connectivity index (χ1v) is 7.25. The summed E-state index contributed by atoms with van der Waals surface area (Å²) < 4.78 is 54.4. The molecule has 0 bridgehead atoms. The standard InChI is InChI=1S/C17H14F4N2O/c18-12-3-1-2-9(7-12)14(17(19,20)21)15-13-5-4-10(16(22)24)6-11(13)8-23-15/h1-7,14-15,23H,8H2,(H2,22,24)/t14-,15?/m1/s1. The molecule has 0 aliphatic carbocycles. The summed E-state index contributed by atoms with van der Waals surface area (Å²) in [4.78, 5) is 11.2. The molecule has 126 valence electrons. The van der Waals surface area contributed by atoms with Gasteiger partial charge in [-0.15, -0.1) is 0 Å². The molecule has 2 atom stereocenters. The molecule has 0 fully saturated rings. The SMILES string of the molecule is NC(=O)c1ccc2c(c1)CNC2[C@@H](c1cccc(F)c1)C(F)(F)F. The second-order valence-electron chi connectivity index (χ2n) is 5.71. The molecule has 3 N–H and O–H groups in total. The number of hydrogen-bond donors (Lipinski definition) is 2. The minimum Gasteiger partial charge on any atom is -0.366 e. The minimum absolute atomic E-state index is 0.146. The molecular weight excluding hydrogens is 324 g/mol. The van der Waals surface area contributed by atoms with Gasteiger partial charge in [-0.3, -0.25) is 4.79 Å². The molecule has 0 spiro atoms. The Balaban J connectivity index is 2.05. The van der Waals surface area contributed by atoms with E-state index in [0.717, 1.165) is 12.1 Å². The summed E-state index contributed by atoms with van der Waals surface area (Å²) in [5.41, 5.74) is 6.31. The first-order chi connectivity index (χ1) is 11.3. The Bertz CT molecular complexity index is 788. The van der Waals surface area contributed by atoms with Gasteiger partial charge >= 0.3 is 6.18 Å². The molecule has 2 aromatic carbocycles. The van der Waals surface area contributed by atoms with Gasteiger partial charge in [0.25, 0.3) is 0 Å². The first-order valence-electron chi connectivity index (χ1n) is 7.25. The number of nitrogens with two attached hydrogens (primary N) is 1. The highest BCUT2D eigenvalue weighted by Gasteiger charge is 2.48. The maximum atomic E-state index is 13.7. The summed E-state index contributed by atoms with van der Waals surface area (Å²) >= 11 is 0. The monoisotopic (exact) mass is 338 g/mol. The minimum atomic E-state index is -4.56. The molecule has 3 nitrogen and oxygen atoms in total. The summed E-state index contributed by atoms with van der Waals surface area (Å²) in [6, 6.07) is 7.83. The Kier molecular flexibility index (Phi) is 4.04. The molecule has 7 heteroatoms. The average Bonchev–Trinajstić information content (AvgIpc) is 2.89. The van der Waals surface area contributed by atoms with E-state index in [0.29, 0.717) is 11.1 Å². The lowest BCUT2D eigenvalue weighted by Crippen LogP contribution is -2.32. The van der Waals surface area contributed by atoms with E-state index in [4.69, 9.17) is 5.73 Å². The molecule has 1 aliphatic heterocycles. The van der Waals surface area contributed by atoms with Crippen LogP contribution in [0, 0.1) is 5.82 Å². The third-order valence-corrected chi connectivity index (χ3v) is 4.17. The van der Waals surface area contributed by atoms with E-state index in [1.807, 2.05) is 0 Å². The summed E-state index contributed by atoms with van der Waals surface area (Å²) in [7, 11) is 0. The van der Waals surface area contributed by atoms with Crippen molar-refractivity contribution in [2.45, 2.75) is 24.7 Å². The summed E-state index contributed by atoms with van der Waals surface area (Å²) in [6.45, 7) is 0.184. The Morgan fingerprint density at radius 1 is 1.21 bits per heavy atom. The van der Waals surface area contributed by atoms with E-state index in [2.05, 4.69) is 5.32 Å². The van der Waals surface area contributed by atoms with Gasteiger partial charge in [-0.1, -0.05) is 18.2 Å². The van der Waals surface area contributed by atoms with Gasteiger partial charge < -0.3 is 11.1 Å². The number of benzene rings is 2. The topological polar surface area (TPSA) is 55.1 Å². The van der Waals surface area contributed by atoms with Crippen molar-refractivity contribution >= 4 is 5.91 Å². The van der Waals surface area contributed by atoms with Crippen LogP contribution in [0.1, 0.15) is 39.0 Å². The van der Waals surface area contributed by atoms with E-state index in [1.165, 1.54) is 30.3 Å². The Labute approximate surface area is 135 Å². The number of nitrogens with one attached hydrogen (secondary N) is 1. The van der Waals surface area contributed by atoms with Crippen molar-refractivity contribution in [3.63, 3.8) is 0 Å². The lowest BCUT2D eigenvalue weighted by Gasteiger charge is -2.27. The Morgan fingerprint density at radius 3 is 2.58 bits per heavy atom. The van der Waals surface area contributed by atoms with E-state index in [9.17, 15) is 22.4 Å².